The number of nitrogens with zero attached hydrogens (tertiary/aromatic N) is 5. The largest absolute Gasteiger partial charge is 0.424 e. The minimum Gasteiger partial charge on any atom is -0.424 e. The van der Waals surface area contributed by atoms with E-state index in [4.69, 9.17) is 4.74 Å². The number of hydrogen-bond donors (Lipinski definition) is 1. The molecule has 1 aromatic carbocycles. The summed E-state index contributed by atoms with van der Waals surface area (Å²) in [7, 11) is -1.50. The summed E-state index contributed by atoms with van der Waals surface area (Å²) in [5, 5.41) is 11.7. The van der Waals surface area contributed by atoms with E-state index in [-0.39, 0.29) is 4.90 Å². The van der Waals surface area contributed by atoms with Gasteiger partial charge in [-0.25, -0.2) is 13.1 Å². The molecule has 0 spiro atoms. The molecule has 0 unspecified atom stereocenters. The highest BCUT2D eigenvalue weighted by Gasteiger charge is 2.24. The molecule has 9 nitrogen and oxygen atoms in total. The molecule has 1 aliphatic rings. The predicted octanol–water partition coefficient (Wildman–Crippen LogP) is 2.94. The summed E-state index contributed by atoms with van der Waals surface area (Å²) in [5.74, 6) is 1.16. The smallest absolute Gasteiger partial charge is 0.322 e. The maximum atomic E-state index is 12.6. The lowest BCUT2D eigenvalue weighted by Gasteiger charge is -2.34. The molecule has 1 atom stereocenters. The van der Waals surface area contributed by atoms with Crippen LogP contribution in [0.2, 0.25) is 0 Å². The van der Waals surface area contributed by atoms with Crippen molar-refractivity contribution < 1.29 is 13.2 Å². The quantitative estimate of drug-likeness (QED) is 0.534. The van der Waals surface area contributed by atoms with Crippen LogP contribution in [0.5, 0.6) is 11.8 Å². The second kappa shape index (κ2) is 9.57. The standard InChI is InChI=1S/C21H28N6O3S2/c1-4-27-20(16(2)24-32(28,29)19-8-13-31-15-19)22-23-21(27)30-18-7-5-6-17(14-18)26-11-9-25(3)10-12-26/h5-8,13-16,24H,4,9-12H2,1-3H3/t16-/m1/s1. The fourth-order valence-electron chi connectivity index (χ4n) is 3.67. The van der Waals surface area contributed by atoms with E-state index in [1.165, 1.54) is 11.3 Å². The Hall–Kier alpha value is -2.47. The fourth-order valence-corrected chi connectivity index (χ4v) is 5.90. The van der Waals surface area contributed by atoms with Crippen LogP contribution < -0.4 is 14.4 Å². The van der Waals surface area contributed by atoms with E-state index in [1.807, 2.05) is 25.1 Å². The van der Waals surface area contributed by atoms with Crippen molar-refractivity contribution in [1.82, 2.24) is 24.4 Å². The van der Waals surface area contributed by atoms with Crippen LogP contribution in [0.4, 0.5) is 5.69 Å². The first-order valence-corrected chi connectivity index (χ1v) is 13.0. The Balaban J connectivity index is 1.50. The number of sulfonamides is 1. The molecular weight excluding hydrogens is 448 g/mol. The molecule has 1 saturated heterocycles. The van der Waals surface area contributed by atoms with Crippen LogP contribution in [0, 0.1) is 0 Å². The van der Waals surface area contributed by atoms with Gasteiger partial charge in [-0.05, 0) is 44.5 Å². The number of thiophene rings is 1. The molecule has 0 radical (unpaired) electrons. The molecule has 1 fully saturated rings. The minimum absolute atomic E-state index is 0.245. The predicted molar refractivity (Wildman–Crippen MR) is 125 cm³/mol. The van der Waals surface area contributed by atoms with E-state index in [1.54, 1.807) is 28.3 Å². The molecule has 32 heavy (non-hydrogen) atoms. The fraction of sp³-hybridized carbons (Fsp3) is 0.429. The summed E-state index contributed by atoms with van der Waals surface area (Å²) in [4.78, 5) is 4.90. The molecule has 2 aromatic heterocycles. The molecule has 0 amide bonds. The molecule has 1 N–H and O–H groups in total. The maximum absolute atomic E-state index is 12.6. The normalized spacial score (nSPS) is 16.3. The Morgan fingerprint density at radius 1 is 1.19 bits per heavy atom. The van der Waals surface area contributed by atoms with Crippen molar-refractivity contribution in [2.75, 3.05) is 38.1 Å². The van der Waals surface area contributed by atoms with Crippen LogP contribution in [0.25, 0.3) is 0 Å². The lowest BCUT2D eigenvalue weighted by atomic mass is 10.2. The maximum Gasteiger partial charge on any atom is 0.322 e. The summed E-state index contributed by atoms with van der Waals surface area (Å²) < 4.78 is 35.7. The first-order valence-electron chi connectivity index (χ1n) is 10.6. The van der Waals surface area contributed by atoms with Gasteiger partial charge < -0.3 is 14.5 Å². The van der Waals surface area contributed by atoms with Crippen molar-refractivity contribution in [2.45, 2.75) is 31.3 Å². The minimum atomic E-state index is -3.63. The Morgan fingerprint density at radius 3 is 2.66 bits per heavy atom. The Morgan fingerprint density at radius 2 is 1.97 bits per heavy atom. The topological polar surface area (TPSA) is 92.6 Å². The van der Waals surface area contributed by atoms with E-state index < -0.39 is 16.1 Å². The number of benzene rings is 1. The SMILES string of the molecule is CCn1c(Oc2cccc(N3CCN(C)CC3)c2)nnc1[C@@H](C)NS(=O)(=O)c1ccsc1. The van der Waals surface area contributed by atoms with Crippen LogP contribution in [0.15, 0.2) is 46.0 Å². The molecule has 0 aliphatic carbocycles. The highest BCUT2D eigenvalue weighted by molar-refractivity contribution is 7.89. The Bertz CT molecular complexity index is 1140. The van der Waals surface area contributed by atoms with Gasteiger partial charge in [0.2, 0.25) is 10.0 Å². The van der Waals surface area contributed by atoms with Crippen LogP contribution in [0.1, 0.15) is 25.7 Å². The number of ether oxygens (including phenoxy) is 1. The zero-order valence-electron chi connectivity index (χ0n) is 18.4. The lowest BCUT2D eigenvalue weighted by molar-refractivity contribution is 0.312. The third kappa shape index (κ3) is 4.96. The number of likely N-dealkylation sites (N-methyl/N-ethyl adjacent to an activating group) is 1. The molecule has 172 valence electrons. The van der Waals surface area contributed by atoms with Gasteiger partial charge >= 0.3 is 6.01 Å². The molecule has 0 saturated carbocycles. The van der Waals surface area contributed by atoms with Crippen molar-refractivity contribution in [3.63, 3.8) is 0 Å². The van der Waals surface area contributed by atoms with Crippen LogP contribution in [-0.2, 0) is 16.6 Å². The zero-order chi connectivity index (χ0) is 22.7. The number of anilines is 1. The van der Waals surface area contributed by atoms with Gasteiger partial charge in [0.25, 0.3) is 0 Å². The summed E-state index contributed by atoms with van der Waals surface area (Å²) >= 11 is 1.34. The van der Waals surface area contributed by atoms with Crippen molar-refractivity contribution in [3.8, 4) is 11.8 Å². The van der Waals surface area contributed by atoms with Crippen LogP contribution >= 0.6 is 11.3 Å². The van der Waals surface area contributed by atoms with E-state index in [0.29, 0.717) is 24.1 Å². The lowest BCUT2D eigenvalue weighted by Crippen LogP contribution is -2.44. The van der Waals surface area contributed by atoms with E-state index in [0.717, 1.165) is 31.9 Å². The summed E-state index contributed by atoms with van der Waals surface area (Å²) in [6.07, 6.45) is 0. The molecule has 0 bridgehead atoms. The van der Waals surface area contributed by atoms with Gasteiger partial charge in [-0.2, -0.15) is 11.3 Å². The molecule has 11 heteroatoms. The van der Waals surface area contributed by atoms with Crippen LogP contribution in [0.3, 0.4) is 0 Å². The van der Waals surface area contributed by atoms with Crippen molar-refractivity contribution in [3.05, 3.63) is 46.9 Å². The summed E-state index contributed by atoms with van der Waals surface area (Å²) in [5.41, 5.74) is 1.11. The van der Waals surface area contributed by atoms with E-state index in [2.05, 4.69) is 37.8 Å². The summed E-state index contributed by atoms with van der Waals surface area (Å²) in [6, 6.07) is 9.27. The average molecular weight is 477 g/mol. The number of rotatable bonds is 8. The average Bonchev–Trinajstić information content (AvgIpc) is 3.45. The van der Waals surface area contributed by atoms with Gasteiger partial charge in [0, 0.05) is 49.9 Å². The van der Waals surface area contributed by atoms with Crippen LogP contribution in [-0.4, -0.2) is 61.3 Å². The van der Waals surface area contributed by atoms with Crippen molar-refractivity contribution >= 4 is 27.0 Å². The number of hydrogen-bond acceptors (Lipinski definition) is 8. The highest BCUT2D eigenvalue weighted by Crippen LogP contribution is 2.27. The van der Waals surface area contributed by atoms with Gasteiger partial charge in [0.1, 0.15) is 5.75 Å². The van der Waals surface area contributed by atoms with Gasteiger partial charge in [0.05, 0.1) is 10.9 Å². The Kier molecular flexibility index (Phi) is 6.79. The van der Waals surface area contributed by atoms with E-state index >= 15 is 0 Å². The van der Waals surface area contributed by atoms with Crippen molar-refractivity contribution in [1.29, 1.82) is 0 Å². The molecule has 1 aliphatic heterocycles. The van der Waals surface area contributed by atoms with Gasteiger partial charge in [-0.15, -0.1) is 5.10 Å². The third-order valence-electron chi connectivity index (χ3n) is 5.48. The zero-order valence-corrected chi connectivity index (χ0v) is 20.1. The summed E-state index contributed by atoms with van der Waals surface area (Å²) in [6.45, 7) is 8.22. The molecule has 3 aromatic rings. The number of piperazine rings is 1. The first kappa shape index (κ1) is 22.7. The number of nitrogens with one attached hydrogen (secondary N) is 1. The van der Waals surface area contributed by atoms with Crippen molar-refractivity contribution in [2.24, 2.45) is 0 Å². The van der Waals surface area contributed by atoms with Gasteiger partial charge in [0.15, 0.2) is 5.82 Å². The highest BCUT2D eigenvalue weighted by atomic mass is 32.2. The van der Waals surface area contributed by atoms with Gasteiger partial charge in [-0.1, -0.05) is 11.2 Å². The second-order valence-corrected chi connectivity index (χ2v) is 10.3. The molecular formula is C21H28N6O3S2. The Labute approximate surface area is 192 Å². The monoisotopic (exact) mass is 476 g/mol. The second-order valence-electron chi connectivity index (χ2n) is 7.78. The molecule has 3 heterocycles. The van der Waals surface area contributed by atoms with Gasteiger partial charge in [-0.3, -0.25) is 4.57 Å². The number of aromatic nitrogens is 3. The van der Waals surface area contributed by atoms with E-state index in [9.17, 15) is 8.42 Å². The third-order valence-corrected chi connectivity index (χ3v) is 7.85. The molecule has 4 rings (SSSR count). The first-order chi connectivity index (χ1) is 15.4.